The number of carbonyl (C=O) groups excluding carboxylic acids is 3. The van der Waals surface area contributed by atoms with E-state index in [4.69, 9.17) is 9.47 Å². The van der Waals surface area contributed by atoms with E-state index in [2.05, 4.69) is 5.32 Å². The van der Waals surface area contributed by atoms with E-state index in [1.54, 1.807) is 48.5 Å². The van der Waals surface area contributed by atoms with Crippen molar-refractivity contribution in [2.75, 3.05) is 16.8 Å². The molecule has 1 N–H and O–H groups in total. The summed E-state index contributed by atoms with van der Waals surface area (Å²) in [4.78, 5) is 38.5. The maximum Gasteiger partial charge on any atom is 0.338 e. The van der Waals surface area contributed by atoms with E-state index in [0.29, 0.717) is 23.5 Å². The maximum absolute atomic E-state index is 12.8. The van der Waals surface area contributed by atoms with E-state index in [1.165, 1.54) is 11.8 Å². The molecule has 152 valence electrons. The fraction of sp³-hybridized carbons (Fsp3) is 0.318. The highest BCUT2D eigenvalue weighted by Gasteiger charge is 2.31. The average molecular weight is 396 g/mol. The molecule has 3 rings (SSSR count). The fourth-order valence-corrected chi connectivity index (χ4v) is 2.93. The first-order chi connectivity index (χ1) is 13.8. The Labute approximate surface area is 169 Å². The lowest BCUT2D eigenvalue weighted by molar-refractivity contribution is -0.128. The van der Waals surface area contributed by atoms with Gasteiger partial charge in [-0.05, 0) is 50.6 Å². The van der Waals surface area contributed by atoms with Gasteiger partial charge in [0.05, 0.1) is 29.6 Å². The minimum absolute atomic E-state index is 0.119. The molecular weight excluding hydrogens is 372 g/mol. The van der Waals surface area contributed by atoms with Crippen LogP contribution < -0.4 is 10.2 Å². The first-order valence-corrected chi connectivity index (χ1v) is 9.47. The van der Waals surface area contributed by atoms with E-state index in [9.17, 15) is 14.4 Å². The molecule has 1 heterocycles. The highest BCUT2D eigenvalue weighted by Crippen LogP contribution is 2.29. The van der Waals surface area contributed by atoms with Crippen molar-refractivity contribution in [3.63, 3.8) is 0 Å². The normalized spacial score (nSPS) is 14.2. The van der Waals surface area contributed by atoms with Crippen LogP contribution in [0.15, 0.2) is 48.5 Å². The minimum atomic E-state index is -1.04. The number of hydrogen-bond donors (Lipinski definition) is 1. The van der Waals surface area contributed by atoms with E-state index >= 15 is 0 Å². The van der Waals surface area contributed by atoms with Crippen molar-refractivity contribution in [2.24, 2.45) is 0 Å². The van der Waals surface area contributed by atoms with Crippen LogP contribution in [0.3, 0.4) is 0 Å². The molecular formula is C22H24N2O5. The Bertz CT molecular complexity index is 908. The zero-order valence-electron chi connectivity index (χ0n) is 16.7. The number of carbonyl (C=O) groups is 3. The Kier molecular flexibility index (Phi) is 6.29. The predicted molar refractivity (Wildman–Crippen MR) is 109 cm³/mol. The van der Waals surface area contributed by atoms with Crippen LogP contribution in [0, 0.1) is 0 Å². The standard InChI is InChI=1S/C22H24N2O5/c1-14(2)28-13-16-8-10-17(11-9-16)22(27)29-15(3)21(26)24-12-20(25)23-18-6-4-5-7-19(18)24/h4-11,14-15H,12-13H2,1-3H3,(H,23,25)/t15-/m0/s1. The molecule has 0 fully saturated rings. The molecule has 0 saturated heterocycles. The molecule has 0 aromatic heterocycles. The summed E-state index contributed by atoms with van der Waals surface area (Å²) >= 11 is 0. The topological polar surface area (TPSA) is 84.9 Å². The van der Waals surface area contributed by atoms with Gasteiger partial charge in [0, 0.05) is 0 Å². The van der Waals surface area contributed by atoms with Crippen molar-refractivity contribution >= 4 is 29.2 Å². The summed E-state index contributed by atoms with van der Waals surface area (Å²) < 4.78 is 10.9. The Balaban J connectivity index is 1.65. The summed E-state index contributed by atoms with van der Waals surface area (Å²) in [5.74, 6) is -1.35. The van der Waals surface area contributed by atoms with Gasteiger partial charge in [-0.1, -0.05) is 24.3 Å². The Hall–Kier alpha value is -3.19. The van der Waals surface area contributed by atoms with Crippen LogP contribution in [0.2, 0.25) is 0 Å². The lowest BCUT2D eigenvalue weighted by Crippen LogP contribution is -2.47. The summed E-state index contributed by atoms with van der Waals surface area (Å²) in [6, 6.07) is 13.9. The number of hydrogen-bond acceptors (Lipinski definition) is 5. The molecule has 2 aromatic carbocycles. The van der Waals surface area contributed by atoms with Crippen LogP contribution in [0.25, 0.3) is 0 Å². The summed E-state index contributed by atoms with van der Waals surface area (Å²) in [5, 5.41) is 2.72. The average Bonchev–Trinajstić information content (AvgIpc) is 2.71. The summed E-state index contributed by atoms with van der Waals surface area (Å²) in [6.07, 6.45) is -0.918. The molecule has 0 saturated carbocycles. The molecule has 0 bridgehead atoms. The van der Waals surface area contributed by atoms with Crippen LogP contribution in [0.5, 0.6) is 0 Å². The van der Waals surface area contributed by atoms with E-state index in [-0.39, 0.29) is 18.6 Å². The third kappa shape index (κ3) is 5.00. The quantitative estimate of drug-likeness (QED) is 0.759. The Morgan fingerprint density at radius 1 is 1.07 bits per heavy atom. The van der Waals surface area contributed by atoms with Gasteiger partial charge in [0.25, 0.3) is 5.91 Å². The number of benzene rings is 2. The number of fused-ring (bicyclic) bond motifs is 1. The molecule has 7 heteroatoms. The first kappa shape index (κ1) is 20.5. The molecule has 7 nitrogen and oxygen atoms in total. The number of nitrogens with one attached hydrogen (secondary N) is 1. The monoisotopic (exact) mass is 396 g/mol. The van der Waals surface area contributed by atoms with Crippen LogP contribution in [0.4, 0.5) is 11.4 Å². The molecule has 0 spiro atoms. The van der Waals surface area contributed by atoms with Crippen molar-refractivity contribution in [3.8, 4) is 0 Å². The lowest BCUT2D eigenvalue weighted by atomic mass is 10.1. The lowest BCUT2D eigenvalue weighted by Gasteiger charge is -2.30. The van der Waals surface area contributed by atoms with E-state index < -0.39 is 18.0 Å². The van der Waals surface area contributed by atoms with Crippen molar-refractivity contribution in [2.45, 2.75) is 39.6 Å². The summed E-state index contributed by atoms with van der Waals surface area (Å²) in [6.45, 7) is 5.74. The van der Waals surface area contributed by atoms with Crippen LogP contribution in [0.1, 0.15) is 36.7 Å². The molecule has 1 aliphatic heterocycles. The Morgan fingerprint density at radius 2 is 1.76 bits per heavy atom. The van der Waals surface area contributed by atoms with Crippen LogP contribution in [-0.2, 0) is 25.7 Å². The molecule has 0 unspecified atom stereocenters. The second-order valence-electron chi connectivity index (χ2n) is 7.09. The predicted octanol–water partition coefficient (Wildman–Crippen LogP) is 3.14. The van der Waals surface area contributed by atoms with E-state index in [1.807, 2.05) is 13.8 Å². The van der Waals surface area contributed by atoms with Gasteiger partial charge < -0.3 is 14.8 Å². The van der Waals surface area contributed by atoms with Crippen molar-refractivity contribution < 1.29 is 23.9 Å². The highest BCUT2D eigenvalue weighted by molar-refractivity contribution is 6.11. The minimum Gasteiger partial charge on any atom is -0.449 e. The van der Waals surface area contributed by atoms with Crippen molar-refractivity contribution in [1.29, 1.82) is 0 Å². The van der Waals surface area contributed by atoms with Gasteiger partial charge in [0.2, 0.25) is 5.91 Å². The number of rotatable bonds is 6. The van der Waals surface area contributed by atoms with Gasteiger partial charge in [0.15, 0.2) is 6.10 Å². The van der Waals surface area contributed by atoms with Gasteiger partial charge in [-0.3, -0.25) is 14.5 Å². The second kappa shape index (κ2) is 8.87. The molecule has 0 aliphatic carbocycles. The van der Waals surface area contributed by atoms with Crippen LogP contribution in [-0.4, -0.2) is 36.5 Å². The molecule has 1 aliphatic rings. The highest BCUT2D eigenvalue weighted by atomic mass is 16.5. The van der Waals surface area contributed by atoms with Gasteiger partial charge in [-0.25, -0.2) is 4.79 Å². The van der Waals surface area contributed by atoms with Crippen LogP contribution >= 0.6 is 0 Å². The number of anilines is 2. The molecule has 29 heavy (non-hydrogen) atoms. The smallest absolute Gasteiger partial charge is 0.338 e. The maximum atomic E-state index is 12.8. The summed E-state index contributed by atoms with van der Waals surface area (Å²) in [5.41, 5.74) is 2.41. The number of para-hydroxylation sites is 2. The third-order valence-electron chi connectivity index (χ3n) is 4.44. The van der Waals surface area contributed by atoms with Gasteiger partial charge in [0.1, 0.15) is 6.54 Å². The molecule has 2 aromatic rings. The van der Waals surface area contributed by atoms with Crippen molar-refractivity contribution in [1.82, 2.24) is 0 Å². The van der Waals surface area contributed by atoms with E-state index in [0.717, 1.165) is 5.56 Å². The van der Waals surface area contributed by atoms with Crippen molar-refractivity contribution in [3.05, 3.63) is 59.7 Å². The number of amides is 2. The largest absolute Gasteiger partial charge is 0.449 e. The molecule has 1 atom stereocenters. The number of nitrogens with zero attached hydrogens (tertiary/aromatic N) is 1. The summed E-state index contributed by atoms with van der Waals surface area (Å²) in [7, 11) is 0. The Morgan fingerprint density at radius 3 is 2.45 bits per heavy atom. The second-order valence-corrected chi connectivity index (χ2v) is 7.09. The SMILES string of the molecule is CC(C)OCc1ccc(C(=O)O[C@@H](C)C(=O)N2CC(=O)Nc3ccccc32)cc1. The zero-order chi connectivity index (χ0) is 21.0. The number of esters is 1. The fourth-order valence-electron chi connectivity index (χ4n) is 2.93. The molecule has 0 radical (unpaired) electrons. The zero-order valence-corrected chi connectivity index (χ0v) is 16.7. The van der Waals surface area contributed by atoms with Gasteiger partial charge >= 0.3 is 5.97 Å². The number of ether oxygens (including phenoxy) is 2. The third-order valence-corrected chi connectivity index (χ3v) is 4.44. The molecule has 2 amide bonds. The van der Waals surface area contributed by atoms with Gasteiger partial charge in [-0.2, -0.15) is 0 Å². The van der Waals surface area contributed by atoms with Gasteiger partial charge in [-0.15, -0.1) is 0 Å². The first-order valence-electron chi connectivity index (χ1n) is 9.47.